The summed E-state index contributed by atoms with van der Waals surface area (Å²) in [5.74, 6) is -0.0268. The molecule has 0 radical (unpaired) electrons. The monoisotopic (exact) mass is 387 g/mol. The van der Waals surface area contributed by atoms with Crippen LogP contribution in [-0.4, -0.2) is 15.9 Å². The molecule has 1 aromatic heterocycles. The van der Waals surface area contributed by atoms with Gasteiger partial charge in [-0.15, -0.1) is 0 Å². The molecule has 8 heteroatoms. The number of hydrogen-bond acceptors (Lipinski definition) is 3. The minimum absolute atomic E-state index is 0.182. The first-order valence-electron chi connectivity index (χ1n) is 8.35. The van der Waals surface area contributed by atoms with Gasteiger partial charge in [0, 0.05) is 23.0 Å². The second-order valence-electron chi connectivity index (χ2n) is 6.24. The fraction of sp³-hybridized carbons (Fsp3) is 0.150. The minimum atomic E-state index is -4.45. The smallest absolute Gasteiger partial charge is 0.326 e. The SMILES string of the molecule is Cc1cc(=O)[nH]c(-c2ccc(NC(=O)Cc3cccc(C(F)(F)F)c3)cc2)n1. The van der Waals surface area contributed by atoms with Crippen LogP contribution in [-0.2, 0) is 17.4 Å². The van der Waals surface area contributed by atoms with Crippen molar-refractivity contribution in [3.63, 3.8) is 0 Å². The Morgan fingerprint density at radius 2 is 1.82 bits per heavy atom. The number of halogens is 3. The summed E-state index contributed by atoms with van der Waals surface area (Å²) in [6.07, 6.45) is -4.63. The van der Waals surface area contributed by atoms with Crippen LogP contribution in [0.15, 0.2) is 59.4 Å². The van der Waals surface area contributed by atoms with Gasteiger partial charge < -0.3 is 10.3 Å². The van der Waals surface area contributed by atoms with Crippen LogP contribution in [0.5, 0.6) is 0 Å². The number of aromatic amines is 1. The fourth-order valence-electron chi connectivity index (χ4n) is 2.68. The molecule has 2 aromatic carbocycles. The van der Waals surface area contributed by atoms with Gasteiger partial charge in [0.1, 0.15) is 5.82 Å². The molecule has 3 rings (SSSR count). The van der Waals surface area contributed by atoms with Crippen LogP contribution < -0.4 is 10.9 Å². The average molecular weight is 387 g/mol. The number of amides is 1. The lowest BCUT2D eigenvalue weighted by molar-refractivity contribution is -0.137. The van der Waals surface area contributed by atoms with Gasteiger partial charge in [0.05, 0.1) is 12.0 Å². The molecule has 0 aliphatic carbocycles. The molecule has 1 heterocycles. The molecule has 1 amide bonds. The van der Waals surface area contributed by atoms with Crippen molar-refractivity contribution in [2.45, 2.75) is 19.5 Å². The number of nitrogens with one attached hydrogen (secondary N) is 2. The van der Waals surface area contributed by atoms with Crippen molar-refractivity contribution >= 4 is 11.6 Å². The number of benzene rings is 2. The summed E-state index contributed by atoms with van der Waals surface area (Å²) in [4.78, 5) is 30.5. The first-order valence-corrected chi connectivity index (χ1v) is 8.35. The van der Waals surface area contributed by atoms with Crippen molar-refractivity contribution in [2.24, 2.45) is 0 Å². The third-order valence-corrected chi connectivity index (χ3v) is 3.93. The van der Waals surface area contributed by atoms with Crippen molar-refractivity contribution in [2.75, 3.05) is 5.32 Å². The molecule has 0 spiro atoms. The number of hydrogen-bond donors (Lipinski definition) is 2. The Hall–Kier alpha value is -3.42. The summed E-state index contributed by atoms with van der Waals surface area (Å²) in [6.45, 7) is 1.71. The molecular formula is C20H16F3N3O2. The predicted molar refractivity (Wildman–Crippen MR) is 98.8 cm³/mol. The van der Waals surface area contributed by atoms with Gasteiger partial charge in [-0.2, -0.15) is 13.2 Å². The standard InChI is InChI=1S/C20H16F3N3O2/c1-12-9-17(27)26-19(24-12)14-5-7-16(8-6-14)25-18(28)11-13-3-2-4-15(10-13)20(21,22)23/h2-10H,11H2,1H3,(H,25,28)(H,24,26,27). The van der Waals surface area contributed by atoms with Crippen LogP contribution in [0.25, 0.3) is 11.4 Å². The Labute approximate surface area is 158 Å². The van der Waals surface area contributed by atoms with E-state index in [-0.39, 0.29) is 17.5 Å². The number of alkyl halides is 3. The van der Waals surface area contributed by atoms with Gasteiger partial charge in [-0.1, -0.05) is 18.2 Å². The molecule has 0 bridgehead atoms. The maximum Gasteiger partial charge on any atom is 0.416 e. The average Bonchev–Trinajstić information content (AvgIpc) is 2.61. The Balaban J connectivity index is 1.69. The summed E-state index contributed by atoms with van der Waals surface area (Å²) in [5.41, 5.74) is 0.942. The molecule has 0 aliphatic rings. The van der Waals surface area contributed by atoms with Gasteiger partial charge >= 0.3 is 6.18 Å². The van der Waals surface area contributed by atoms with Crippen LogP contribution in [0.2, 0.25) is 0 Å². The Morgan fingerprint density at radius 1 is 1.11 bits per heavy atom. The number of aromatic nitrogens is 2. The van der Waals surface area contributed by atoms with Gasteiger partial charge in [-0.25, -0.2) is 4.98 Å². The molecule has 0 fully saturated rings. The fourth-order valence-corrected chi connectivity index (χ4v) is 2.68. The lowest BCUT2D eigenvalue weighted by atomic mass is 10.1. The van der Waals surface area contributed by atoms with Crippen LogP contribution in [0, 0.1) is 6.92 Å². The molecular weight excluding hydrogens is 371 g/mol. The Kier molecular flexibility index (Phi) is 5.30. The van der Waals surface area contributed by atoms with Crippen LogP contribution in [0.1, 0.15) is 16.8 Å². The van der Waals surface area contributed by atoms with E-state index in [9.17, 15) is 22.8 Å². The third kappa shape index (κ3) is 4.85. The van der Waals surface area contributed by atoms with Crippen molar-refractivity contribution in [1.29, 1.82) is 0 Å². The van der Waals surface area contributed by atoms with Crippen LogP contribution >= 0.6 is 0 Å². The number of H-pyrrole nitrogens is 1. The number of nitrogens with zero attached hydrogens (tertiary/aromatic N) is 1. The van der Waals surface area contributed by atoms with Gasteiger partial charge in [-0.05, 0) is 42.8 Å². The number of rotatable bonds is 4. The van der Waals surface area contributed by atoms with Gasteiger partial charge in [0.2, 0.25) is 5.91 Å². The molecule has 0 atom stereocenters. The van der Waals surface area contributed by atoms with E-state index in [1.807, 2.05) is 0 Å². The van der Waals surface area contributed by atoms with Crippen molar-refractivity contribution in [3.05, 3.63) is 81.8 Å². The molecule has 0 unspecified atom stereocenters. The number of aryl methyl sites for hydroxylation is 1. The Bertz CT molecular complexity index is 1060. The highest BCUT2D eigenvalue weighted by Crippen LogP contribution is 2.29. The first kappa shape index (κ1) is 19.3. The first-order chi connectivity index (χ1) is 13.2. The molecule has 3 aromatic rings. The van der Waals surface area contributed by atoms with E-state index in [4.69, 9.17) is 0 Å². The summed E-state index contributed by atoms with van der Waals surface area (Å²) < 4.78 is 38.3. The largest absolute Gasteiger partial charge is 0.416 e. The highest BCUT2D eigenvalue weighted by molar-refractivity contribution is 5.92. The zero-order valence-electron chi connectivity index (χ0n) is 14.8. The molecule has 28 heavy (non-hydrogen) atoms. The second kappa shape index (κ2) is 7.67. The summed E-state index contributed by atoms with van der Waals surface area (Å²) >= 11 is 0. The third-order valence-electron chi connectivity index (χ3n) is 3.93. The highest BCUT2D eigenvalue weighted by Gasteiger charge is 2.30. The topological polar surface area (TPSA) is 74.8 Å². The van der Waals surface area contributed by atoms with E-state index < -0.39 is 17.6 Å². The van der Waals surface area contributed by atoms with E-state index in [2.05, 4.69) is 15.3 Å². The van der Waals surface area contributed by atoms with E-state index in [0.717, 1.165) is 12.1 Å². The van der Waals surface area contributed by atoms with E-state index in [1.54, 1.807) is 31.2 Å². The van der Waals surface area contributed by atoms with Crippen molar-refractivity contribution in [3.8, 4) is 11.4 Å². The van der Waals surface area contributed by atoms with Crippen molar-refractivity contribution in [1.82, 2.24) is 9.97 Å². The molecule has 0 saturated heterocycles. The van der Waals surface area contributed by atoms with Crippen LogP contribution in [0.3, 0.4) is 0 Å². The lowest BCUT2D eigenvalue weighted by Gasteiger charge is -2.09. The summed E-state index contributed by atoms with van der Waals surface area (Å²) in [7, 11) is 0. The minimum Gasteiger partial charge on any atom is -0.326 e. The quantitative estimate of drug-likeness (QED) is 0.712. The van der Waals surface area contributed by atoms with E-state index in [1.165, 1.54) is 18.2 Å². The molecule has 0 aliphatic heterocycles. The Morgan fingerprint density at radius 3 is 2.46 bits per heavy atom. The number of carbonyl (C=O) groups is 1. The maximum atomic E-state index is 12.8. The highest BCUT2D eigenvalue weighted by atomic mass is 19.4. The maximum absolute atomic E-state index is 12.8. The summed E-state index contributed by atoms with van der Waals surface area (Å²) in [5, 5.41) is 2.64. The lowest BCUT2D eigenvalue weighted by Crippen LogP contribution is -2.15. The van der Waals surface area contributed by atoms with E-state index >= 15 is 0 Å². The predicted octanol–water partition coefficient (Wildman–Crippen LogP) is 3.95. The number of carbonyl (C=O) groups excluding carboxylic acids is 1. The molecule has 144 valence electrons. The zero-order valence-corrected chi connectivity index (χ0v) is 14.8. The molecule has 2 N–H and O–H groups in total. The van der Waals surface area contributed by atoms with Crippen molar-refractivity contribution < 1.29 is 18.0 Å². The summed E-state index contributed by atoms with van der Waals surface area (Å²) in [6, 6.07) is 12.7. The number of anilines is 1. The van der Waals surface area contributed by atoms with Gasteiger partial charge in [0.25, 0.3) is 5.56 Å². The second-order valence-corrected chi connectivity index (χ2v) is 6.24. The van der Waals surface area contributed by atoms with E-state index in [0.29, 0.717) is 22.8 Å². The van der Waals surface area contributed by atoms with Gasteiger partial charge in [-0.3, -0.25) is 9.59 Å². The molecule has 0 saturated carbocycles. The van der Waals surface area contributed by atoms with Gasteiger partial charge in [0.15, 0.2) is 0 Å². The van der Waals surface area contributed by atoms with Crippen LogP contribution in [0.4, 0.5) is 18.9 Å². The zero-order chi connectivity index (χ0) is 20.3. The molecule has 5 nitrogen and oxygen atoms in total. The normalized spacial score (nSPS) is 11.3.